The van der Waals surface area contributed by atoms with Crippen LogP contribution >= 0.6 is 39.9 Å². The Labute approximate surface area is 94.6 Å². The Kier molecular flexibility index (Phi) is 3.16. The van der Waals surface area contributed by atoms with Crippen LogP contribution in [-0.2, 0) is 0 Å². The highest BCUT2D eigenvalue weighted by Crippen LogP contribution is 2.24. The van der Waals surface area contributed by atoms with Crippen molar-refractivity contribution in [3.63, 3.8) is 0 Å². The molecule has 0 bridgehead atoms. The zero-order chi connectivity index (χ0) is 8.72. The SMILES string of the molecule is Cc1c(Cl)nn2ccnc2c1Br.Cl. The summed E-state index contributed by atoms with van der Waals surface area (Å²) in [4.78, 5) is 4.12. The number of aromatic nitrogens is 3. The van der Waals surface area contributed by atoms with Crippen LogP contribution < -0.4 is 0 Å². The average Bonchev–Trinajstić information content (AvgIpc) is 2.48. The van der Waals surface area contributed by atoms with Crippen LogP contribution in [0.5, 0.6) is 0 Å². The van der Waals surface area contributed by atoms with Gasteiger partial charge in [-0.25, -0.2) is 9.50 Å². The predicted octanol–water partition coefficient (Wildman–Crippen LogP) is 2.88. The Morgan fingerprint density at radius 2 is 2.23 bits per heavy atom. The minimum Gasteiger partial charge on any atom is -0.234 e. The summed E-state index contributed by atoms with van der Waals surface area (Å²) in [6.45, 7) is 1.90. The lowest BCUT2D eigenvalue weighted by molar-refractivity contribution is 0.922. The molecule has 0 amide bonds. The molecule has 0 spiro atoms. The molecule has 0 radical (unpaired) electrons. The maximum absolute atomic E-state index is 5.86. The third kappa shape index (κ3) is 1.66. The van der Waals surface area contributed by atoms with E-state index in [0.717, 1.165) is 15.7 Å². The molecule has 3 nitrogen and oxygen atoms in total. The first-order valence-corrected chi connectivity index (χ1v) is 4.52. The molecule has 6 heteroatoms. The fraction of sp³-hybridized carbons (Fsp3) is 0.143. The fourth-order valence-electron chi connectivity index (χ4n) is 0.963. The maximum Gasteiger partial charge on any atom is 0.168 e. The van der Waals surface area contributed by atoms with Crippen LogP contribution in [0.4, 0.5) is 0 Å². The van der Waals surface area contributed by atoms with Crippen LogP contribution in [0.2, 0.25) is 5.15 Å². The zero-order valence-corrected chi connectivity index (χ0v) is 9.82. The molecule has 0 aliphatic rings. The van der Waals surface area contributed by atoms with E-state index in [1.54, 1.807) is 16.9 Å². The van der Waals surface area contributed by atoms with E-state index in [9.17, 15) is 0 Å². The highest BCUT2D eigenvalue weighted by molar-refractivity contribution is 9.10. The Morgan fingerprint density at radius 3 is 2.92 bits per heavy atom. The van der Waals surface area contributed by atoms with Gasteiger partial charge in [0.05, 0.1) is 4.47 Å². The van der Waals surface area contributed by atoms with Crippen molar-refractivity contribution in [1.29, 1.82) is 0 Å². The highest BCUT2D eigenvalue weighted by Gasteiger charge is 2.07. The first kappa shape index (κ1) is 10.8. The van der Waals surface area contributed by atoms with Crippen LogP contribution in [0, 0.1) is 6.92 Å². The van der Waals surface area contributed by atoms with E-state index in [1.807, 2.05) is 6.92 Å². The van der Waals surface area contributed by atoms with Gasteiger partial charge < -0.3 is 0 Å². The largest absolute Gasteiger partial charge is 0.234 e. The lowest BCUT2D eigenvalue weighted by atomic mass is 10.3. The normalized spacial score (nSPS) is 10.1. The predicted molar refractivity (Wildman–Crippen MR) is 57.7 cm³/mol. The molecule has 0 saturated carbocycles. The van der Waals surface area contributed by atoms with Gasteiger partial charge in [-0.1, -0.05) is 11.6 Å². The topological polar surface area (TPSA) is 30.2 Å². The Morgan fingerprint density at radius 1 is 1.54 bits per heavy atom. The smallest absolute Gasteiger partial charge is 0.168 e. The zero-order valence-electron chi connectivity index (χ0n) is 6.66. The molecule has 0 atom stereocenters. The second kappa shape index (κ2) is 3.82. The molecule has 0 aliphatic heterocycles. The summed E-state index contributed by atoms with van der Waals surface area (Å²) in [5.74, 6) is 0. The van der Waals surface area contributed by atoms with Gasteiger partial charge in [0.15, 0.2) is 10.8 Å². The van der Waals surface area contributed by atoms with Gasteiger partial charge in [0.25, 0.3) is 0 Å². The van der Waals surface area contributed by atoms with Crippen LogP contribution in [0.1, 0.15) is 5.56 Å². The van der Waals surface area contributed by atoms with Crippen molar-refractivity contribution < 1.29 is 0 Å². The van der Waals surface area contributed by atoms with Gasteiger partial charge in [0.2, 0.25) is 0 Å². The summed E-state index contributed by atoms with van der Waals surface area (Å²) in [7, 11) is 0. The van der Waals surface area contributed by atoms with Crippen molar-refractivity contribution in [1.82, 2.24) is 14.6 Å². The Bertz CT molecular complexity index is 440. The molecule has 2 aromatic heterocycles. The van der Waals surface area contributed by atoms with Crippen molar-refractivity contribution in [2.24, 2.45) is 0 Å². The first-order valence-electron chi connectivity index (χ1n) is 3.35. The monoisotopic (exact) mass is 281 g/mol. The molecule has 2 aromatic rings. The number of hydrogen-bond acceptors (Lipinski definition) is 2. The summed E-state index contributed by atoms with van der Waals surface area (Å²) >= 11 is 9.26. The van der Waals surface area contributed by atoms with E-state index >= 15 is 0 Å². The molecule has 0 saturated heterocycles. The van der Waals surface area contributed by atoms with E-state index in [4.69, 9.17) is 11.6 Å². The second-order valence-corrected chi connectivity index (χ2v) is 3.58. The van der Waals surface area contributed by atoms with Crippen molar-refractivity contribution in [3.8, 4) is 0 Å². The number of fused-ring (bicyclic) bond motifs is 1. The summed E-state index contributed by atoms with van der Waals surface area (Å²) < 4.78 is 2.53. The van der Waals surface area contributed by atoms with Crippen molar-refractivity contribution in [2.45, 2.75) is 6.92 Å². The minimum absolute atomic E-state index is 0. The van der Waals surface area contributed by atoms with Crippen molar-refractivity contribution >= 4 is 45.6 Å². The number of imidazole rings is 1. The molecule has 13 heavy (non-hydrogen) atoms. The van der Waals surface area contributed by atoms with Gasteiger partial charge in [0.1, 0.15) is 0 Å². The van der Waals surface area contributed by atoms with Gasteiger partial charge in [0, 0.05) is 18.0 Å². The van der Waals surface area contributed by atoms with Gasteiger partial charge in [-0.05, 0) is 22.9 Å². The molecule has 0 unspecified atom stereocenters. The van der Waals surface area contributed by atoms with E-state index < -0.39 is 0 Å². The van der Waals surface area contributed by atoms with Crippen LogP contribution in [0.25, 0.3) is 5.65 Å². The lowest BCUT2D eigenvalue weighted by Crippen LogP contribution is -1.94. The average molecular weight is 283 g/mol. The van der Waals surface area contributed by atoms with E-state index in [2.05, 4.69) is 26.0 Å². The van der Waals surface area contributed by atoms with Gasteiger partial charge in [-0.2, -0.15) is 5.10 Å². The van der Waals surface area contributed by atoms with Gasteiger partial charge in [-0.3, -0.25) is 0 Å². The quantitative estimate of drug-likeness (QED) is 0.744. The number of rotatable bonds is 0. The van der Waals surface area contributed by atoms with Crippen LogP contribution in [0.15, 0.2) is 16.9 Å². The molecule has 0 aliphatic carbocycles. The molecule has 0 aromatic carbocycles. The minimum atomic E-state index is 0. The fourth-order valence-corrected chi connectivity index (χ4v) is 1.72. The molecular formula is C7H6BrCl2N3. The van der Waals surface area contributed by atoms with E-state index in [0.29, 0.717) is 5.15 Å². The Balaban J connectivity index is 0.000000845. The van der Waals surface area contributed by atoms with E-state index in [-0.39, 0.29) is 12.4 Å². The number of halogens is 3. The van der Waals surface area contributed by atoms with Crippen LogP contribution in [0.3, 0.4) is 0 Å². The maximum atomic E-state index is 5.86. The number of hydrogen-bond donors (Lipinski definition) is 0. The van der Waals surface area contributed by atoms with E-state index in [1.165, 1.54) is 0 Å². The number of nitrogens with zero attached hydrogens (tertiary/aromatic N) is 3. The molecule has 2 heterocycles. The third-order valence-corrected chi connectivity index (χ3v) is 2.96. The summed E-state index contributed by atoms with van der Waals surface area (Å²) in [5, 5.41) is 4.58. The molecule has 0 fully saturated rings. The second-order valence-electron chi connectivity index (χ2n) is 2.43. The molecular weight excluding hydrogens is 277 g/mol. The molecule has 0 N–H and O–H groups in total. The van der Waals surface area contributed by atoms with Crippen molar-refractivity contribution in [2.75, 3.05) is 0 Å². The summed E-state index contributed by atoms with van der Waals surface area (Å²) in [6, 6.07) is 0. The highest BCUT2D eigenvalue weighted by atomic mass is 79.9. The molecule has 70 valence electrons. The summed E-state index contributed by atoms with van der Waals surface area (Å²) in [6.07, 6.45) is 3.44. The summed E-state index contributed by atoms with van der Waals surface area (Å²) in [5.41, 5.74) is 1.70. The third-order valence-electron chi connectivity index (χ3n) is 1.65. The molecule has 2 rings (SSSR count). The lowest BCUT2D eigenvalue weighted by Gasteiger charge is -2.01. The standard InChI is InChI=1S/C7H5BrClN3.ClH/c1-4-5(8)7-10-2-3-12(7)11-6(4)9;/h2-3H,1H3;1H. The van der Waals surface area contributed by atoms with Crippen LogP contribution in [-0.4, -0.2) is 14.6 Å². The van der Waals surface area contributed by atoms with Gasteiger partial charge in [-0.15, -0.1) is 12.4 Å². The first-order chi connectivity index (χ1) is 5.70. The Hall–Kier alpha value is -0.320. The van der Waals surface area contributed by atoms with Gasteiger partial charge >= 0.3 is 0 Å². The van der Waals surface area contributed by atoms with Crippen molar-refractivity contribution in [3.05, 3.63) is 27.6 Å².